The Kier molecular flexibility index (Phi) is 2.87. The summed E-state index contributed by atoms with van der Waals surface area (Å²) >= 11 is 5.52. The van der Waals surface area contributed by atoms with Crippen molar-refractivity contribution in [2.75, 3.05) is 0 Å². The predicted molar refractivity (Wildman–Crippen MR) is 58.3 cm³/mol. The van der Waals surface area contributed by atoms with Crippen LogP contribution in [0.2, 0.25) is 5.02 Å². The summed E-state index contributed by atoms with van der Waals surface area (Å²) in [6, 6.07) is 5.40. The van der Waals surface area contributed by atoms with E-state index in [1.807, 2.05) is 0 Å². The summed E-state index contributed by atoms with van der Waals surface area (Å²) < 4.78 is 39.3. The molecule has 17 heavy (non-hydrogen) atoms. The molecule has 0 saturated carbocycles. The molecule has 2 rings (SSSR count). The summed E-state index contributed by atoms with van der Waals surface area (Å²) in [6.07, 6.45) is -2.87. The summed E-state index contributed by atoms with van der Waals surface area (Å²) in [5, 5.41) is 3.73. The number of nitrogens with zero attached hydrogens (tertiary/aromatic N) is 2. The minimum atomic E-state index is -4.46. The molecule has 2 aromatic rings. The maximum absolute atomic E-state index is 12.6. The van der Waals surface area contributed by atoms with Crippen LogP contribution >= 0.6 is 11.6 Å². The standard InChI is InChI=1S/C11H8ClF3N2/c1-7-4-5-17(16-7)8-2-3-10(12)9(6-8)11(13,14)15/h2-6H,1H3. The highest BCUT2D eigenvalue weighted by Gasteiger charge is 2.33. The Bertz CT molecular complexity index is 546. The zero-order valence-electron chi connectivity index (χ0n) is 8.79. The fraction of sp³-hybridized carbons (Fsp3) is 0.182. The molecule has 0 unspecified atom stereocenters. The maximum atomic E-state index is 12.6. The van der Waals surface area contributed by atoms with Gasteiger partial charge in [-0.05, 0) is 31.2 Å². The van der Waals surface area contributed by atoms with Crippen LogP contribution < -0.4 is 0 Å². The zero-order valence-corrected chi connectivity index (χ0v) is 9.55. The number of benzene rings is 1. The first-order valence-corrected chi connectivity index (χ1v) is 5.15. The number of hydrogen-bond donors (Lipinski definition) is 0. The van der Waals surface area contributed by atoms with Crippen molar-refractivity contribution < 1.29 is 13.2 Å². The molecule has 0 atom stereocenters. The van der Waals surface area contributed by atoms with Crippen LogP contribution in [0.3, 0.4) is 0 Å². The Labute approximate surface area is 101 Å². The smallest absolute Gasteiger partial charge is 0.241 e. The van der Waals surface area contributed by atoms with Crippen molar-refractivity contribution in [3.63, 3.8) is 0 Å². The first-order chi connectivity index (χ1) is 7.88. The molecule has 0 bridgehead atoms. The maximum Gasteiger partial charge on any atom is 0.417 e. The summed E-state index contributed by atoms with van der Waals surface area (Å²) in [4.78, 5) is 0. The SMILES string of the molecule is Cc1ccn(-c2ccc(Cl)c(C(F)(F)F)c2)n1. The van der Waals surface area contributed by atoms with E-state index in [4.69, 9.17) is 11.6 Å². The van der Waals surface area contributed by atoms with Gasteiger partial charge >= 0.3 is 6.18 Å². The van der Waals surface area contributed by atoms with Crippen LogP contribution in [0.5, 0.6) is 0 Å². The lowest BCUT2D eigenvalue weighted by Crippen LogP contribution is -2.07. The number of alkyl halides is 3. The van der Waals surface area contributed by atoms with Gasteiger partial charge in [0.05, 0.1) is 22.0 Å². The first-order valence-electron chi connectivity index (χ1n) is 4.77. The Hall–Kier alpha value is -1.49. The lowest BCUT2D eigenvalue weighted by Gasteiger charge is -2.10. The molecule has 6 heteroatoms. The molecule has 0 saturated heterocycles. The number of aromatic nitrogens is 2. The van der Waals surface area contributed by atoms with Gasteiger partial charge in [-0.25, -0.2) is 4.68 Å². The van der Waals surface area contributed by atoms with E-state index in [0.717, 1.165) is 11.8 Å². The molecule has 0 fully saturated rings. The highest BCUT2D eigenvalue weighted by atomic mass is 35.5. The van der Waals surface area contributed by atoms with Gasteiger partial charge in [0.15, 0.2) is 0 Å². The number of hydrogen-bond acceptors (Lipinski definition) is 1. The topological polar surface area (TPSA) is 17.8 Å². The second kappa shape index (κ2) is 4.07. The van der Waals surface area contributed by atoms with Gasteiger partial charge in [-0.15, -0.1) is 0 Å². The minimum absolute atomic E-state index is 0.315. The third kappa shape index (κ3) is 2.44. The molecule has 0 spiro atoms. The fourth-order valence-corrected chi connectivity index (χ4v) is 1.66. The van der Waals surface area contributed by atoms with Crippen LogP contribution in [-0.4, -0.2) is 9.78 Å². The van der Waals surface area contributed by atoms with Crippen molar-refractivity contribution in [2.45, 2.75) is 13.1 Å². The number of halogens is 4. The molecule has 0 aliphatic heterocycles. The molecule has 0 N–H and O–H groups in total. The normalized spacial score (nSPS) is 11.8. The van der Waals surface area contributed by atoms with Gasteiger partial charge in [-0.3, -0.25) is 0 Å². The van der Waals surface area contributed by atoms with Crippen molar-refractivity contribution >= 4 is 11.6 Å². The molecule has 1 heterocycles. The van der Waals surface area contributed by atoms with Crippen molar-refractivity contribution in [2.24, 2.45) is 0 Å². The van der Waals surface area contributed by atoms with E-state index < -0.39 is 11.7 Å². The minimum Gasteiger partial charge on any atom is -0.241 e. The van der Waals surface area contributed by atoms with Gasteiger partial charge in [0, 0.05) is 6.20 Å². The van der Waals surface area contributed by atoms with E-state index >= 15 is 0 Å². The molecular formula is C11H8ClF3N2. The van der Waals surface area contributed by atoms with Gasteiger partial charge in [-0.1, -0.05) is 11.6 Å². The molecule has 0 aliphatic rings. The summed E-state index contributed by atoms with van der Waals surface area (Å²) in [6.45, 7) is 1.76. The molecular weight excluding hydrogens is 253 g/mol. The molecule has 2 nitrogen and oxygen atoms in total. The van der Waals surface area contributed by atoms with Crippen LogP contribution in [0.15, 0.2) is 30.5 Å². The van der Waals surface area contributed by atoms with Crippen molar-refractivity contribution in [3.8, 4) is 5.69 Å². The number of aryl methyl sites for hydroxylation is 1. The highest BCUT2D eigenvalue weighted by molar-refractivity contribution is 6.31. The van der Waals surface area contributed by atoms with Gasteiger partial charge in [0.2, 0.25) is 0 Å². The average molecular weight is 261 g/mol. The third-order valence-corrected chi connectivity index (χ3v) is 2.57. The Balaban J connectivity index is 2.51. The molecule has 0 aliphatic carbocycles. The molecule has 1 aromatic carbocycles. The van der Waals surface area contributed by atoms with E-state index in [0.29, 0.717) is 5.69 Å². The second-order valence-electron chi connectivity index (χ2n) is 3.56. The number of rotatable bonds is 1. The monoisotopic (exact) mass is 260 g/mol. The van der Waals surface area contributed by atoms with E-state index in [1.54, 1.807) is 19.2 Å². The predicted octanol–water partition coefficient (Wildman–Crippen LogP) is 3.85. The molecule has 0 amide bonds. The van der Waals surface area contributed by atoms with Crippen LogP contribution in [0.25, 0.3) is 5.69 Å². The molecule has 1 aromatic heterocycles. The van der Waals surface area contributed by atoms with Crippen molar-refractivity contribution in [1.29, 1.82) is 0 Å². The second-order valence-corrected chi connectivity index (χ2v) is 3.97. The van der Waals surface area contributed by atoms with Gasteiger partial charge in [0.1, 0.15) is 0 Å². The average Bonchev–Trinajstić information content (AvgIpc) is 2.64. The quantitative estimate of drug-likeness (QED) is 0.761. The lowest BCUT2D eigenvalue weighted by molar-refractivity contribution is -0.137. The summed E-state index contributed by atoms with van der Waals surface area (Å²) in [5.74, 6) is 0. The van der Waals surface area contributed by atoms with Crippen LogP contribution in [0.1, 0.15) is 11.3 Å². The van der Waals surface area contributed by atoms with Crippen LogP contribution in [0, 0.1) is 6.92 Å². The summed E-state index contributed by atoms with van der Waals surface area (Å²) in [5.41, 5.74) is 0.202. The Morgan fingerprint density at radius 3 is 2.47 bits per heavy atom. The highest BCUT2D eigenvalue weighted by Crippen LogP contribution is 2.35. The van der Waals surface area contributed by atoms with Gasteiger partial charge < -0.3 is 0 Å². The van der Waals surface area contributed by atoms with Crippen LogP contribution in [-0.2, 0) is 6.18 Å². The first kappa shape index (κ1) is 12.0. The zero-order chi connectivity index (χ0) is 12.6. The van der Waals surface area contributed by atoms with Crippen molar-refractivity contribution in [1.82, 2.24) is 9.78 Å². The van der Waals surface area contributed by atoms with Crippen LogP contribution in [0.4, 0.5) is 13.2 Å². The fourth-order valence-electron chi connectivity index (χ4n) is 1.43. The largest absolute Gasteiger partial charge is 0.417 e. The van der Waals surface area contributed by atoms with E-state index in [9.17, 15) is 13.2 Å². The Morgan fingerprint density at radius 1 is 1.24 bits per heavy atom. The van der Waals surface area contributed by atoms with Crippen molar-refractivity contribution in [3.05, 3.63) is 46.7 Å². The van der Waals surface area contributed by atoms with E-state index in [2.05, 4.69) is 5.10 Å². The van der Waals surface area contributed by atoms with Gasteiger partial charge in [-0.2, -0.15) is 18.3 Å². The van der Waals surface area contributed by atoms with Gasteiger partial charge in [0.25, 0.3) is 0 Å². The summed E-state index contributed by atoms with van der Waals surface area (Å²) in [7, 11) is 0. The third-order valence-electron chi connectivity index (χ3n) is 2.24. The lowest BCUT2D eigenvalue weighted by atomic mass is 10.2. The van der Waals surface area contributed by atoms with E-state index in [-0.39, 0.29) is 5.02 Å². The molecule has 0 radical (unpaired) electrons. The molecule has 90 valence electrons. The van der Waals surface area contributed by atoms with E-state index in [1.165, 1.54) is 16.8 Å². The Morgan fingerprint density at radius 2 is 1.94 bits per heavy atom.